The first-order valence-corrected chi connectivity index (χ1v) is 27.7. The van der Waals surface area contributed by atoms with Crippen LogP contribution in [0.3, 0.4) is 0 Å². The second-order valence-electron chi connectivity index (χ2n) is 19.9. The molecule has 0 saturated heterocycles. The summed E-state index contributed by atoms with van der Waals surface area (Å²) in [6.45, 7) is -0.0218. The van der Waals surface area contributed by atoms with Crippen molar-refractivity contribution in [3.8, 4) is 23.0 Å². The minimum Gasteiger partial charge on any atom is -0.309 e. The summed E-state index contributed by atoms with van der Waals surface area (Å²) in [6.07, 6.45) is 0. The molecule has 5 heterocycles. The average molecular weight is 971 g/mol. The molecule has 8 heteroatoms. The molecule has 0 unspecified atom stereocenters. The van der Waals surface area contributed by atoms with Gasteiger partial charge in [0, 0.05) is 44.2 Å². The Labute approximate surface area is 434 Å². The normalized spacial score (nSPS) is 12.7. The second kappa shape index (κ2) is 16.2. The third-order valence-corrected chi connectivity index (χ3v) is 20.9. The lowest BCUT2D eigenvalue weighted by molar-refractivity contribution is 0.934. The molecule has 0 N–H and O–H groups in total. The Hall–Kier alpha value is -9.63. The number of fused-ring (bicyclic) bond motifs is 6. The van der Waals surface area contributed by atoms with Crippen LogP contribution in [0.5, 0.6) is 0 Å². The van der Waals surface area contributed by atoms with Gasteiger partial charge in [-0.05, 0) is 91.0 Å². The first-order chi connectivity index (χ1) is 37.2. The third-order valence-electron chi connectivity index (χ3n) is 16.1. The van der Waals surface area contributed by atoms with Crippen molar-refractivity contribution in [2.24, 2.45) is 0 Å². The maximum Gasteiger partial charge on any atom is 0.248 e. The van der Waals surface area contributed by atoms with E-state index in [1.54, 1.807) is 0 Å². The predicted molar refractivity (Wildman–Crippen MR) is 314 cm³/mol. The van der Waals surface area contributed by atoms with Gasteiger partial charge in [-0.3, -0.25) is 9.47 Å². The van der Waals surface area contributed by atoms with Crippen LogP contribution in [0.25, 0.3) is 77.4 Å². The van der Waals surface area contributed by atoms with Crippen LogP contribution in [0.15, 0.2) is 261 Å². The predicted octanol–water partition coefficient (Wildman–Crippen LogP) is 10.9. The molecular formula is C67H43BN6Si. The van der Waals surface area contributed by atoms with Gasteiger partial charge in [0.15, 0.2) is 13.9 Å². The van der Waals surface area contributed by atoms with Gasteiger partial charge in [-0.15, -0.1) is 0 Å². The van der Waals surface area contributed by atoms with Gasteiger partial charge in [0.25, 0.3) is 0 Å². The Balaban J connectivity index is 0.991. The standard InChI is InChI=1S/C67H43BN6Si/c1-5-22-46(23-6-1)72-58-38-20-34-54-62(58)63-59(72)41-39-44-40-42-60-64(61(44)63)68(54)53-33-15-18-37-57(53)74(60)67-70-65(69-66(71-67)73-55-35-16-13-31-51(55)52-32-14-17-36-56(52)73)45-21-19-30-50(43-45)75(47-24-7-2-8-25-47,48-26-9-3-10-27-48)49-28-11-4-12-29-49/h1-43H. The number of para-hydroxylation sites is 4. The maximum atomic E-state index is 5.70. The molecule has 0 spiro atoms. The Morgan fingerprint density at radius 2 is 0.880 bits per heavy atom. The molecule has 0 radical (unpaired) electrons. The topological polar surface area (TPSA) is 51.8 Å². The van der Waals surface area contributed by atoms with Crippen molar-refractivity contribution in [2.45, 2.75) is 0 Å². The summed E-state index contributed by atoms with van der Waals surface area (Å²) < 4.78 is 4.68. The Morgan fingerprint density at radius 1 is 0.347 bits per heavy atom. The summed E-state index contributed by atoms with van der Waals surface area (Å²) in [4.78, 5) is 19.3. The van der Waals surface area contributed by atoms with E-state index >= 15 is 0 Å². The highest BCUT2D eigenvalue weighted by Gasteiger charge is 2.44. The van der Waals surface area contributed by atoms with Crippen molar-refractivity contribution in [3.63, 3.8) is 0 Å². The van der Waals surface area contributed by atoms with E-state index < -0.39 is 8.07 Å². The number of benzene rings is 11. The molecule has 0 amide bonds. The molecule has 348 valence electrons. The van der Waals surface area contributed by atoms with E-state index in [9.17, 15) is 0 Å². The molecule has 6 nitrogen and oxygen atoms in total. The number of hydrogen-bond acceptors (Lipinski definition) is 4. The SMILES string of the molecule is c1ccc(-n2c3cccc4c3c3c5c6c(ccc5ccc32)N(c2nc(-c3cccc([Si](c5ccccc5)(c5ccccc5)c5ccccc5)c3)nc(-n3c5ccccc5c5ccccc53)n2)c2ccccc2B64)cc1. The van der Waals surface area contributed by atoms with Crippen molar-refractivity contribution >= 4 is 124 Å². The van der Waals surface area contributed by atoms with E-state index in [4.69, 9.17) is 15.0 Å². The molecular weight excluding hydrogens is 928 g/mol. The molecule has 0 aliphatic carbocycles. The van der Waals surface area contributed by atoms with Gasteiger partial charge < -0.3 is 4.57 Å². The fraction of sp³-hybridized carbons (Fsp3) is 0. The molecule has 16 rings (SSSR count). The summed E-state index contributed by atoms with van der Waals surface area (Å²) in [6, 6.07) is 95.3. The van der Waals surface area contributed by atoms with Crippen molar-refractivity contribution in [2.75, 3.05) is 4.90 Å². The van der Waals surface area contributed by atoms with Gasteiger partial charge >= 0.3 is 0 Å². The van der Waals surface area contributed by atoms with Crippen LogP contribution in [0, 0.1) is 0 Å². The Morgan fingerprint density at radius 3 is 1.57 bits per heavy atom. The third kappa shape index (κ3) is 5.94. The lowest BCUT2D eigenvalue weighted by atomic mass is 9.33. The molecule has 3 aromatic heterocycles. The summed E-state index contributed by atoms with van der Waals surface area (Å²) in [5.74, 6) is 1.71. The number of rotatable bonds is 8. The number of anilines is 3. The fourth-order valence-electron chi connectivity index (χ4n) is 13.1. The highest BCUT2D eigenvalue weighted by molar-refractivity contribution is 7.20. The average Bonchev–Trinajstić information content (AvgIpc) is 4.15. The zero-order valence-electron chi connectivity index (χ0n) is 40.6. The van der Waals surface area contributed by atoms with Gasteiger partial charge in [0.05, 0.1) is 22.1 Å². The van der Waals surface area contributed by atoms with Gasteiger partial charge in [-0.1, -0.05) is 218 Å². The first kappa shape index (κ1) is 41.9. The molecule has 0 bridgehead atoms. The van der Waals surface area contributed by atoms with Crippen molar-refractivity contribution in [1.82, 2.24) is 24.1 Å². The van der Waals surface area contributed by atoms with E-state index in [2.05, 4.69) is 275 Å². The Bertz CT molecular complexity index is 4460. The largest absolute Gasteiger partial charge is 0.309 e. The fourth-order valence-corrected chi connectivity index (χ4v) is 17.9. The molecule has 75 heavy (non-hydrogen) atoms. The Kier molecular flexibility index (Phi) is 9.05. The quantitative estimate of drug-likeness (QED) is 0.112. The van der Waals surface area contributed by atoms with Crippen LogP contribution >= 0.6 is 0 Å². The van der Waals surface area contributed by atoms with Crippen LogP contribution in [0.1, 0.15) is 0 Å². The highest BCUT2D eigenvalue weighted by atomic mass is 28.3. The molecule has 2 aliphatic rings. The maximum absolute atomic E-state index is 5.70. The van der Waals surface area contributed by atoms with Crippen molar-refractivity contribution in [3.05, 3.63) is 261 Å². The zero-order chi connectivity index (χ0) is 49.2. The minimum absolute atomic E-state index is 0.0218. The smallest absolute Gasteiger partial charge is 0.248 e. The van der Waals surface area contributed by atoms with Gasteiger partial charge in [-0.2, -0.15) is 15.0 Å². The minimum atomic E-state index is -2.92. The van der Waals surface area contributed by atoms with E-state index in [-0.39, 0.29) is 6.71 Å². The van der Waals surface area contributed by atoms with Gasteiger partial charge in [-0.25, -0.2) is 0 Å². The van der Waals surface area contributed by atoms with Gasteiger partial charge in [0.1, 0.15) is 0 Å². The molecule has 2 aliphatic heterocycles. The van der Waals surface area contributed by atoms with Crippen LogP contribution in [-0.2, 0) is 0 Å². The van der Waals surface area contributed by atoms with E-state index in [0.717, 1.165) is 44.4 Å². The summed E-state index contributed by atoms with van der Waals surface area (Å²) in [7, 11) is -2.92. The van der Waals surface area contributed by atoms with Crippen LogP contribution in [0.4, 0.5) is 17.3 Å². The van der Waals surface area contributed by atoms with Crippen molar-refractivity contribution in [1.29, 1.82) is 0 Å². The van der Waals surface area contributed by atoms with E-state index in [1.807, 2.05) is 0 Å². The molecule has 14 aromatic rings. The summed E-state index contributed by atoms with van der Waals surface area (Å²) in [5.41, 5.74) is 12.5. The van der Waals surface area contributed by atoms with Crippen LogP contribution in [-0.4, -0.2) is 38.9 Å². The second-order valence-corrected chi connectivity index (χ2v) is 23.7. The zero-order valence-corrected chi connectivity index (χ0v) is 41.6. The first-order valence-electron chi connectivity index (χ1n) is 25.7. The molecule has 0 fully saturated rings. The molecule has 0 saturated carbocycles. The van der Waals surface area contributed by atoms with Crippen molar-refractivity contribution < 1.29 is 0 Å². The monoisotopic (exact) mass is 970 g/mol. The summed E-state index contributed by atoms with van der Waals surface area (Å²) >= 11 is 0. The number of nitrogens with zero attached hydrogens (tertiary/aromatic N) is 6. The number of aromatic nitrogens is 5. The lowest BCUT2D eigenvalue weighted by Crippen LogP contribution is -2.74. The van der Waals surface area contributed by atoms with E-state index in [1.165, 1.54) is 69.7 Å². The lowest BCUT2D eigenvalue weighted by Gasteiger charge is -2.38. The molecule has 11 aromatic carbocycles. The van der Waals surface area contributed by atoms with Crippen LogP contribution < -0.4 is 42.0 Å². The summed E-state index contributed by atoms with van der Waals surface area (Å²) in [5, 5.41) is 12.5. The van der Waals surface area contributed by atoms with Crippen LogP contribution in [0.2, 0.25) is 0 Å². The highest BCUT2D eigenvalue weighted by Crippen LogP contribution is 2.44. The number of hydrogen-bond donors (Lipinski definition) is 0. The van der Waals surface area contributed by atoms with E-state index in [0.29, 0.717) is 17.7 Å². The van der Waals surface area contributed by atoms with Gasteiger partial charge in [0.2, 0.25) is 18.6 Å². The molecule has 0 atom stereocenters.